The van der Waals surface area contributed by atoms with Gasteiger partial charge in [0, 0.05) is 4.47 Å². The molecule has 0 radical (unpaired) electrons. The van der Waals surface area contributed by atoms with Gasteiger partial charge < -0.3 is 10.1 Å². The second-order valence-electron chi connectivity index (χ2n) is 5.78. The molecule has 3 aromatic rings. The summed E-state index contributed by atoms with van der Waals surface area (Å²) in [6.45, 7) is -0.225. The number of amides is 1. The Morgan fingerprint density at radius 2 is 1.72 bits per heavy atom. The molecule has 0 fully saturated rings. The number of carbonyl (C=O) groups is 1. The lowest BCUT2D eigenvalue weighted by molar-refractivity contribution is -0.121. The third-order valence-electron chi connectivity index (χ3n) is 3.75. The molecule has 0 spiro atoms. The van der Waals surface area contributed by atoms with Crippen molar-refractivity contribution in [1.29, 1.82) is 0 Å². The van der Waals surface area contributed by atoms with E-state index in [-0.39, 0.29) is 11.7 Å². The average molecular weight is 598 g/mol. The first kappa shape index (κ1) is 22.6. The number of hydrogen-bond acceptors (Lipinski definition) is 3. The topological polar surface area (TPSA) is 50.4 Å². The van der Waals surface area contributed by atoms with Crippen molar-refractivity contribution in [3.63, 3.8) is 0 Å². The Kier molecular flexibility index (Phi) is 7.64. The zero-order valence-corrected chi connectivity index (χ0v) is 20.6. The first-order valence-electron chi connectivity index (χ1n) is 8.00. The van der Waals surface area contributed by atoms with Gasteiger partial charge in [-0.3, -0.25) is 10.1 Å². The Labute approximate surface area is 204 Å². The molecular formula is C19H11Br2Cl3N2O2S. The second kappa shape index (κ2) is 9.81. The smallest absolute Gasteiger partial charge is 0.264 e. The molecule has 0 atom stereocenters. The van der Waals surface area contributed by atoms with E-state index in [0.717, 1.165) is 19.7 Å². The fraction of sp³-hybridized carbons (Fsp3) is 0.0526. The number of rotatable bonds is 4. The third kappa shape index (κ3) is 5.75. The number of fused-ring (bicyclic) bond motifs is 1. The van der Waals surface area contributed by atoms with Gasteiger partial charge in [0.15, 0.2) is 11.7 Å². The monoisotopic (exact) mass is 594 g/mol. The molecule has 4 nitrogen and oxygen atoms in total. The molecule has 0 heterocycles. The van der Waals surface area contributed by atoms with Gasteiger partial charge in [-0.25, -0.2) is 0 Å². The standard InChI is InChI=1S/C19H11Br2Cl3N2O2S/c20-10-2-3-11-9(5-10)1-4-16(18(11)21)28-8-17(27)26-19(29)25-15-7-13(23)12(22)6-14(15)24/h1-7H,8H2,(H2,25,26,27,29). The van der Waals surface area contributed by atoms with Crippen LogP contribution in [0.5, 0.6) is 5.75 Å². The van der Waals surface area contributed by atoms with Crippen molar-refractivity contribution in [2.75, 3.05) is 11.9 Å². The number of halogens is 5. The van der Waals surface area contributed by atoms with E-state index in [0.29, 0.717) is 26.5 Å². The van der Waals surface area contributed by atoms with E-state index in [1.165, 1.54) is 12.1 Å². The summed E-state index contributed by atoms with van der Waals surface area (Å²) in [6, 6.07) is 12.6. The van der Waals surface area contributed by atoms with Gasteiger partial charge >= 0.3 is 0 Å². The molecule has 10 heteroatoms. The molecule has 2 N–H and O–H groups in total. The van der Waals surface area contributed by atoms with Crippen LogP contribution in [0.3, 0.4) is 0 Å². The Balaban J connectivity index is 1.61. The minimum Gasteiger partial charge on any atom is -0.483 e. The number of carbonyl (C=O) groups excluding carboxylic acids is 1. The van der Waals surface area contributed by atoms with Crippen molar-refractivity contribution in [1.82, 2.24) is 5.32 Å². The third-order valence-corrected chi connectivity index (χ3v) is 6.30. The first-order chi connectivity index (χ1) is 13.7. The van der Waals surface area contributed by atoms with Crippen molar-refractivity contribution in [3.05, 3.63) is 66.5 Å². The summed E-state index contributed by atoms with van der Waals surface area (Å²) in [5.41, 5.74) is 0.427. The second-order valence-corrected chi connectivity index (χ2v) is 9.12. The molecule has 0 aromatic heterocycles. The summed E-state index contributed by atoms with van der Waals surface area (Å²) in [7, 11) is 0. The lowest BCUT2D eigenvalue weighted by Crippen LogP contribution is -2.37. The SMILES string of the molecule is O=C(COc1ccc2cc(Br)ccc2c1Br)NC(=S)Nc1cc(Cl)c(Cl)cc1Cl. The normalized spacial score (nSPS) is 10.7. The molecule has 0 saturated carbocycles. The molecular weight excluding hydrogens is 586 g/mol. The van der Waals surface area contributed by atoms with Gasteiger partial charge in [0.05, 0.1) is 25.2 Å². The number of thiocarbonyl (C=S) groups is 1. The predicted octanol–water partition coefficient (Wildman–Crippen LogP) is 7.22. The van der Waals surface area contributed by atoms with Crippen LogP contribution in [0.25, 0.3) is 10.8 Å². The molecule has 0 bridgehead atoms. The lowest BCUT2D eigenvalue weighted by atomic mass is 10.1. The zero-order valence-electron chi connectivity index (χ0n) is 14.4. The Bertz CT molecular complexity index is 1130. The number of hydrogen-bond donors (Lipinski definition) is 2. The van der Waals surface area contributed by atoms with Gasteiger partial charge in [-0.15, -0.1) is 0 Å². The predicted molar refractivity (Wildman–Crippen MR) is 131 cm³/mol. The highest BCUT2D eigenvalue weighted by Crippen LogP contribution is 2.34. The molecule has 150 valence electrons. The van der Waals surface area contributed by atoms with Crippen molar-refractivity contribution in [2.45, 2.75) is 0 Å². The summed E-state index contributed by atoms with van der Waals surface area (Å²) in [6.07, 6.45) is 0. The maximum atomic E-state index is 12.2. The highest BCUT2D eigenvalue weighted by Gasteiger charge is 2.12. The maximum absolute atomic E-state index is 12.2. The summed E-state index contributed by atoms with van der Waals surface area (Å²) in [4.78, 5) is 12.2. The Morgan fingerprint density at radius 3 is 2.48 bits per heavy atom. The van der Waals surface area contributed by atoms with E-state index in [1.807, 2.05) is 24.3 Å². The van der Waals surface area contributed by atoms with Crippen LogP contribution in [-0.2, 0) is 4.79 Å². The van der Waals surface area contributed by atoms with Crippen LogP contribution in [-0.4, -0.2) is 17.6 Å². The van der Waals surface area contributed by atoms with Crippen LogP contribution in [0.4, 0.5) is 5.69 Å². The fourth-order valence-electron chi connectivity index (χ4n) is 2.43. The van der Waals surface area contributed by atoms with Crippen LogP contribution < -0.4 is 15.4 Å². The van der Waals surface area contributed by atoms with E-state index in [2.05, 4.69) is 42.5 Å². The molecule has 0 unspecified atom stereocenters. The summed E-state index contributed by atoms with van der Waals surface area (Å²) < 4.78 is 7.37. The summed E-state index contributed by atoms with van der Waals surface area (Å²) >= 11 is 30.1. The van der Waals surface area contributed by atoms with E-state index in [4.69, 9.17) is 51.8 Å². The van der Waals surface area contributed by atoms with Gasteiger partial charge in [0.2, 0.25) is 0 Å². The number of ether oxygens (including phenoxy) is 1. The highest BCUT2D eigenvalue weighted by molar-refractivity contribution is 9.11. The summed E-state index contributed by atoms with van der Waals surface area (Å²) in [5.74, 6) is 0.114. The number of anilines is 1. The lowest BCUT2D eigenvalue weighted by Gasteiger charge is -2.13. The first-order valence-corrected chi connectivity index (χ1v) is 11.1. The van der Waals surface area contributed by atoms with Crippen LogP contribution in [0.15, 0.2) is 51.4 Å². The minimum atomic E-state index is -0.429. The molecule has 3 rings (SSSR count). The van der Waals surface area contributed by atoms with E-state index < -0.39 is 5.91 Å². The van der Waals surface area contributed by atoms with Gasteiger partial charge in [0.1, 0.15) is 5.75 Å². The van der Waals surface area contributed by atoms with Crippen LogP contribution in [0.2, 0.25) is 15.1 Å². The summed E-state index contributed by atoms with van der Waals surface area (Å²) in [5, 5.41) is 8.33. The Hall–Kier alpha value is -1.09. The van der Waals surface area contributed by atoms with Crippen LogP contribution >= 0.6 is 78.9 Å². The highest BCUT2D eigenvalue weighted by atomic mass is 79.9. The zero-order chi connectivity index (χ0) is 21.1. The maximum Gasteiger partial charge on any atom is 0.264 e. The van der Waals surface area contributed by atoms with E-state index in [1.54, 1.807) is 6.07 Å². The molecule has 0 aliphatic rings. The molecule has 0 aliphatic carbocycles. The molecule has 1 amide bonds. The van der Waals surface area contributed by atoms with Crippen LogP contribution in [0.1, 0.15) is 0 Å². The Morgan fingerprint density at radius 1 is 1.00 bits per heavy atom. The van der Waals surface area contributed by atoms with E-state index >= 15 is 0 Å². The van der Waals surface area contributed by atoms with Crippen molar-refractivity contribution in [2.24, 2.45) is 0 Å². The van der Waals surface area contributed by atoms with Gasteiger partial charge in [-0.05, 0) is 69.3 Å². The fourth-order valence-corrected chi connectivity index (χ4v) is 4.24. The average Bonchev–Trinajstić information content (AvgIpc) is 2.65. The van der Waals surface area contributed by atoms with Crippen molar-refractivity contribution < 1.29 is 9.53 Å². The van der Waals surface area contributed by atoms with Gasteiger partial charge in [-0.1, -0.05) is 62.9 Å². The molecule has 3 aromatic carbocycles. The number of benzene rings is 3. The number of nitrogens with one attached hydrogen (secondary N) is 2. The minimum absolute atomic E-state index is 0.0568. The quantitative estimate of drug-likeness (QED) is 0.247. The molecule has 0 aliphatic heterocycles. The van der Waals surface area contributed by atoms with Crippen molar-refractivity contribution in [3.8, 4) is 5.75 Å². The van der Waals surface area contributed by atoms with Crippen LogP contribution in [0, 0.1) is 0 Å². The van der Waals surface area contributed by atoms with Gasteiger partial charge in [-0.2, -0.15) is 0 Å². The van der Waals surface area contributed by atoms with Crippen molar-refractivity contribution >= 4 is 106 Å². The van der Waals surface area contributed by atoms with E-state index in [9.17, 15) is 4.79 Å². The molecule has 29 heavy (non-hydrogen) atoms. The molecule has 0 saturated heterocycles. The largest absolute Gasteiger partial charge is 0.483 e. The van der Waals surface area contributed by atoms with Gasteiger partial charge in [0.25, 0.3) is 5.91 Å².